The average Bonchev–Trinajstić information content (AvgIpc) is 2.72. The third-order valence-corrected chi connectivity index (χ3v) is 5.11. The van der Waals surface area contributed by atoms with E-state index in [-0.39, 0.29) is 24.4 Å². The van der Waals surface area contributed by atoms with Crippen LogP contribution in [-0.4, -0.2) is 41.7 Å². The summed E-state index contributed by atoms with van der Waals surface area (Å²) in [6.07, 6.45) is 6.70. The van der Waals surface area contributed by atoms with E-state index >= 15 is 0 Å². The van der Waals surface area contributed by atoms with Crippen molar-refractivity contribution in [2.45, 2.75) is 38.3 Å². The summed E-state index contributed by atoms with van der Waals surface area (Å²) >= 11 is 0. The monoisotopic (exact) mass is 405 g/mol. The van der Waals surface area contributed by atoms with Crippen LogP contribution >= 0.6 is 0 Å². The Kier molecular flexibility index (Phi) is 6.56. The Bertz CT molecular complexity index is 983. The van der Waals surface area contributed by atoms with Crippen LogP contribution in [0.1, 0.15) is 48.9 Å². The molecule has 0 aromatic heterocycles. The third-order valence-electron chi connectivity index (χ3n) is 5.11. The Labute approximate surface area is 177 Å². The topological polar surface area (TPSA) is 98.4 Å². The highest BCUT2D eigenvalue weighted by Crippen LogP contribution is 2.32. The van der Waals surface area contributed by atoms with Crippen LogP contribution in [0.25, 0.3) is 0 Å². The molecular formula is C24H27N3O3. The number of aliphatic hydroxyl groups is 1. The van der Waals surface area contributed by atoms with Gasteiger partial charge >= 0.3 is 0 Å². The predicted octanol–water partition coefficient (Wildman–Crippen LogP) is 3.29. The van der Waals surface area contributed by atoms with Crippen molar-refractivity contribution >= 4 is 11.5 Å². The predicted molar refractivity (Wildman–Crippen MR) is 117 cm³/mol. The molecule has 6 heteroatoms. The average molecular weight is 405 g/mol. The van der Waals surface area contributed by atoms with Gasteiger partial charge in [-0.15, -0.1) is 6.42 Å². The number of ether oxygens (including phenoxy) is 2. The van der Waals surface area contributed by atoms with Gasteiger partial charge in [-0.25, -0.2) is 0 Å². The molecule has 1 fully saturated rings. The molecule has 0 unspecified atom stereocenters. The zero-order chi connectivity index (χ0) is 21.7. The first-order chi connectivity index (χ1) is 14.3. The Morgan fingerprint density at radius 1 is 1.20 bits per heavy atom. The molecule has 0 spiro atoms. The SMILES string of the molecule is C#Cc1ccc(C(=N)c2ccccc2C(=N)N[C@H]2C[C@@](C)(O)C2)c(OCOCC)c1. The summed E-state index contributed by atoms with van der Waals surface area (Å²) < 4.78 is 11.0. The number of amidine groups is 1. The molecule has 6 nitrogen and oxygen atoms in total. The van der Waals surface area contributed by atoms with Gasteiger partial charge in [0.05, 0.1) is 11.3 Å². The number of terminal acetylenes is 1. The largest absolute Gasteiger partial charge is 0.467 e. The first-order valence-corrected chi connectivity index (χ1v) is 9.92. The lowest BCUT2D eigenvalue weighted by molar-refractivity contribution is -0.0339. The number of benzene rings is 2. The molecule has 0 amide bonds. The maximum atomic E-state index is 9.94. The molecule has 0 atom stereocenters. The minimum Gasteiger partial charge on any atom is -0.467 e. The van der Waals surface area contributed by atoms with Crippen molar-refractivity contribution in [3.63, 3.8) is 0 Å². The van der Waals surface area contributed by atoms with Gasteiger partial charge in [-0.1, -0.05) is 30.2 Å². The van der Waals surface area contributed by atoms with Gasteiger partial charge in [-0.05, 0) is 44.9 Å². The summed E-state index contributed by atoms with van der Waals surface area (Å²) in [5.41, 5.74) is 2.00. The number of hydrogen-bond donors (Lipinski definition) is 4. The van der Waals surface area contributed by atoms with Crippen LogP contribution in [0.4, 0.5) is 0 Å². The van der Waals surface area contributed by atoms with Crippen molar-refractivity contribution < 1.29 is 14.6 Å². The normalized spacial score (nSPS) is 20.0. The molecule has 0 bridgehead atoms. The van der Waals surface area contributed by atoms with Gasteiger partial charge < -0.3 is 19.9 Å². The van der Waals surface area contributed by atoms with Crippen molar-refractivity contribution in [3.05, 3.63) is 64.7 Å². The molecule has 0 heterocycles. The maximum absolute atomic E-state index is 9.94. The minimum atomic E-state index is -0.671. The van der Waals surface area contributed by atoms with Crippen molar-refractivity contribution in [2.24, 2.45) is 0 Å². The van der Waals surface area contributed by atoms with Gasteiger partial charge in [-0.2, -0.15) is 0 Å². The highest BCUT2D eigenvalue weighted by Gasteiger charge is 2.38. The smallest absolute Gasteiger partial charge is 0.189 e. The second-order valence-corrected chi connectivity index (χ2v) is 7.65. The molecule has 0 radical (unpaired) electrons. The summed E-state index contributed by atoms with van der Waals surface area (Å²) in [5.74, 6) is 3.27. The molecule has 2 aromatic rings. The van der Waals surface area contributed by atoms with Crippen LogP contribution in [-0.2, 0) is 4.74 Å². The standard InChI is InChI=1S/C24H27N3O3/c1-4-16-10-11-20(21(12-16)30-15-29-5-2)22(25)18-8-6-7-9-19(18)23(26)27-17-13-24(3,28)14-17/h1,6-12,17,25,28H,5,13-15H2,2-3H3,(H2,26,27)/t17-,24+. The number of hydrogen-bond acceptors (Lipinski definition) is 5. The van der Waals surface area contributed by atoms with Crippen molar-refractivity contribution in [3.8, 4) is 18.1 Å². The zero-order valence-electron chi connectivity index (χ0n) is 17.3. The molecular weight excluding hydrogens is 378 g/mol. The second kappa shape index (κ2) is 9.12. The third kappa shape index (κ3) is 4.88. The lowest BCUT2D eigenvalue weighted by atomic mass is 9.77. The van der Waals surface area contributed by atoms with Gasteiger partial charge in [0.1, 0.15) is 11.6 Å². The van der Waals surface area contributed by atoms with E-state index in [2.05, 4.69) is 11.2 Å². The fraction of sp³-hybridized carbons (Fsp3) is 0.333. The summed E-state index contributed by atoms with van der Waals surface area (Å²) in [5, 5.41) is 30.4. The Morgan fingerprint density at radius 3 is 2.53 bits per heavy atom. The number of nitrogens with one attached hydrogen (secondary N) is 3. The van der Waals surface area contributed by atoms with E-state index in [0.717, 1.165) is 0 Å². The Morgan fingerprint density at radius 2 is 1.90 bits per heavy atom. The van der Waals surface area contributed by atoms with Crippen LogP contribution < -0.4 is 10.1 Å². The summed E-state index contributed by atoms with van der Waals surface area (Å²) in [7, 11) is 0. The van der Waals surface area contributed by atoms with Crippen LogP contribution in [0.15, 0.2) is 42.5 Å². The molecule has 0 saturated heterocycles. The quantitative estimate of drug-likeness (QED) is 0.178. The molecule has 1 aliphatic carbocycles. The Hall–Kier alpha value is -3.14. The van der Waals surface area contributed by atoms with E-state index in [1.54, 1.807) is 25.1 Å². The molecule has 156 valence electrons. The molecule has 2 aromatic carbocycles. The van der Waals surface area contributed by atoms with Crippen molar-refractivity contribution in [1.82, 2.24) is 5.32 Å². The van der Waals surface area contributed by atoms with Crippen LogP contribution in [0.5, 0.6) is 5.75 Å². The summed E-state index contributed by atoms with van der Waals surface area (Å²) in [6.45, 7) is 4.25. The molecule has 3 rings (SSSR count). The summed E-state index contributed by atoms with van der Waals surface area (Å²) in [6, 6.07) is 12.6. The summed E-state index contributed by atoms with van der Waals surface area (Å²) in [4.78, 5) is 0. The van der Waals surface area contributed by atoms with Gasteiger partial charge in [-0.3, -0.25) is 10.8 Å². The first-order valence-electron chi connectivity index (χ1n) is 9.92. The molecule has 4 N–H and O–H groups in total. The van der Waals surface area contributed by atoms with E-state index in [4.69, 9.17) is 26.7 Å². The van der Waals surface area contributed by atoms with Crippen molar-refractivity contribution in [2.75, 3.05) is 13.4 Å². The first kappa shape index (κ1) is 21.6. The highest BCUT2D eigenvalue weighted by molar-refractivity contribution is 6.18. The van der Waals surface area contributed by atoms with E-state index in [0.29, 0.717) is 47.5 Å². The lowest BCUT2D eigenvalue weighted by Gasteiger charge is -2.41. The molecule has 0 aliphatic heterocycles. The fourth-order valence-electron chi connectivity index (χ4n) is 3.58. The molecule has 1 aliphatic rings. The zero-order valence-corrected chi connectivity index (χ0v) is 17.3. The van der Waals surface area contributed by atoms with E-state index < -0.39 is 5.60 Å². The van der Waals surface area contributed by atoms with Crippen LogP contribution in [0, 0.1) is 23.2 Å². The Balaban J connectivity index is 1.87. The van der Waals surface area contributed by atoms with E-state index in [1.165, 1.54) is 0 Å². The lowest BCUT2D eigenvalue weighted by Crippen LogP contribution is -2.53. The van der Waals surface area contributed by atoms with Gasteiger partial charge in [0, 0.05) is 34.9 Å². The van der Waals surface area contributed by atoms with Gasteiger partial charge in [0.15, 0.2) is 6.79 Å². The maximum Gasteiger partial charge on any atom is 0.189 e. The molecule has 30 heavy (non-hydrogen) atoms. The van der Waals surface area contributed by atoms with E-state index in [1.807, 2.05) is 31.2 Å². The van der Waals surface area contributed by atoms with Crippen molar-refractivity contribution in [1.29, 1.82) is 10.8 Å². The van der Waals surface area contributed by atoms with Crippen LogP contribution in [0.2, 0.25) is 0 Å². The fourth-order valence-corrected chi connectivity index (χ4v) is 3.58. The van der Waals surface area contributed by atoms with Gasteiger partial charge in [0.25, 0.3) is 0 Å². The van der Waals surface area contributed by atoms with Gasteiger partial charge in [0.2, 0.25) is 0 Å². The molecule has 1 saturated carbocycles. The minimum absolute atomic E-state index is 0.0507. The van der Waals surface area contributed by atoms with E-state index in [9.17, 15) is 5.11 Å². The second-order valence-electron chi connectivity index (χ2n) is 7.65. The number of rotatable bonds is 8. The highest BCUT2D eigenvalue weighted by atomic mass is 16.7. The van der Waals surface area contributed by atoms with Crippen LogP contribution in [0.3, 0.4) is 0 Å².